The van der Waals surface area contributed by atoms with E-state index in [1.807, 2.05) is 0 Å². The van der Waals surface area contributed by atoms with Crippen LogP contribution >= 0.6 is 15.6 Å². The molecule has 6 atom stereocenters. The summed E-state index contributed by atoms with van der Waals surface area (Å²) >= 11 is 0. The van der Waals surface area contributed by atoms with E-state index in [2.05, 4.69) is 18.3 Å². The lowest BCUT2D eigenvalue weighted by Crippen LogP contribution is -2.35. The van der Waals surface area contributed by atoms with E-state index in [1.54, 1.807) is 0 Å². The molecular weight excluding hydrogens is 412 g/mol. The third-order valence-corrected chi connectivity index (χ3v) is 5.97. The molecule has 1 aliphatic heterocycles. The van der Waals surface area contributed by atoms with Crippen LogP contribution in [0.5, 0.6) is 0 Å². The molecule has 1 aromatic heterocycles. The zero-order valence-corrected chi connectivity index (χ0v) is 15.5. The summed E-state index contributed by atoms with van der Waals surface area (Å²) in [5, 5.41) is 20.0. The Morgan fingerprint density at radius 2 is 1.89 bits per heavy atom. The molecule has 16 heteroatoms. The van der Waals surface area contributed by atoms with E-state index >= 15 is 0 Å². The van der Waals surface area contributed by atoms with Crippen LogP contribution in [0.4, 0.5) is 0 Å². The lowest BCUT2D eigenvalue weighted by atomic mass is 10.1. The largest absolute Gasteiger partial charge is 0.481 e. The number of rotatable bonds is 9. The molecule has 0 saturated carbocycles. The van der Waals surface area contributed by atoms with E-state index < -0.39 is 59.1 Å². The molecule has 0 aliphatic carbocycles. The first-order chi connectivity index (χ1) is 12.6. The third-order valence-electron chi connectivity index (χ3n) is 3.33. The number of aromatic nitrogens is 2. The van der Waals surface area contributed by atoms with E-state index in [0.717, 1.165) is 4.57 Å². The summed E-state index contributed by atoms with van der Waals surface area (Å²) in [5.41, 5.74) is 4.31. The van der Waals surface area contributed by atoms with Crippen LogP contribution in [0.1, 0.15) is 6.23 Å². The molecule has 14 nitrogen and oxygen atoms in total. The Morgan fingerprint density at radius 1 is 1.22 bits per heavy atom. The van der Waals surface area contributed by atoms with Crippen molar-refractivity contribution in [3.63, 3.8) is 0 Å². The lowest BCUT2D eigenvalue weighted by Gasteiger charge is -2.19. The summed E-state index contributed by atoms with van der Waals surface area (Å²) in [6.45, 7) is -1.36. The van der Waals surface area contributed by atoms with Crippen LogP contribution in [0.2, 0.25) is 0 Å². The van der Waals surface area contributed by atoms with Gasteiger partial charge in [0.15, 0.2) is 6.23 Å². The van der Waals surface area contributed by atoms with Crippen molar-refractivity contribution >= 4 is 15.6 Å². The van der Waals surface area contributed by atoms with Gasteiger partial charge in [0.1, 0.15) is 18.3 Å². The van der Waals surface area contributed by atoms with E-state index in [9.17, 15) is 33.9 Å². The maximum atomic E-state index is 11.7. The van der Waals surface area contributed by atoms with Crippen LogP contribution in [-0.2, 0) is 27.2 Å². The Hall–Kier alpha value is -1.02. The number of hydrogen-bond acceptors (Lipinski definition) is 11. The zero-order chi connectivity index (χ0) is 20.2. The summed E-state index contributed by atoms with van der Waals surface area (Å²) in [6.07, 6.45) is -3.38. The SMILES string of the molecule is NCCOP(=O)(O)OP(=O)(O)OC[C@H]1OC(n2cccnc2=O)C(O)[C@@H]1O. The molecule has 4 unspecified atom stereocenters. The van der Waals surface area contributed by atoms with Gasteiger partial charge in [-0.15, -0.1) is 0 Å². The molecule has 0 bridgehead atoms. The standard InChI is InChI=1S/C11H19N3O11P2/c12-2-5-22-26(18,19)25-27(20,21)23-6-7-8(15)9(16)10(24-7)14-4-1-3-13-11(14)17/h1,3-4,7-10,15-16H,2,5-6,12H2,(H,18,19)(H,20,21)/t7-,8-,9?,10?/m1/s1. The summed E-state index contributed by atoms with van der Waals surface area (Å²) in [6, 6.07) is 1.39. The number of ether oxygens (including phenoxy) is 1. The van der Waals surface area contributed by atoms with Crippen molar-refractivity contribution in [3.8, 4) is 0 Å². The minimum Gasteiger partial charge on any atom is -0.387 e. The zero-order valence-electron chi connectivity index (χ0n) is 13.7. The monoisotopic (exact) mass is 431 g/mol. The normalized spacial score (nSPS) is 30.0. The molecule has 0 aromatic carbocycles. The van der Waals surface area contributed by atoms with Gasteiger partial charge in [-0.05, 0) is 6.07 Å². The Bertz CT molecular complexity index is 789. The number of hydrogen-bond donors (Lipinski definition) is 5. The number of aliphatic hydroxyl groups excluding tert-OH is 2. The number of phosphoric ester groups is 2. The molecule has 1 saturated heterocycles. The fraction of sp³-hybridized carbons (Fsp3) is 0.636. The van der Waals surface area contributed by atoms with E-state index in [4.69, 9.17) is 10.5 Å². The molecule has 27 heavy (non-hydrogen) atoms. The van der Waals surface area contributed by atoms with Crippen molar-refractivity contribution < 1.29 is 47.2 Å². The third kappa shape index (κ3) is 5.98. The predicted octanol–water partition coefficient (Wildman–Crippen LogP) is -1.93. The van der Waals surface area contributed by atoms with E-state index in [-0.39, 0.29) is 6.54 Å². The minimum absolute atomic E-state index is 0.139. The molecule has 154 valence electrons. The molecule has 2 rings (SSSR count). The number of aliphatic hydroxyl groups is 2. The smallest absolute Gasteiger partial charge is 0.387 e. The van der Waals surface area contributed by atoms with Crippen LogP contribution in [-0.4, -0.2) is 67.6 Å². The highest BCUT2D eigenvalue weighted by molar-refractivity contribution is 7.61. The minimum atomic E-state index is -5.09. The fourth-order valence-electron chi connectivity index (χ4n) is 2.17. The van der Waals surface area contributed by atoms with Crippen LogP contribution < -0.4 is 11.4 Å². The molecule has 0 amide bonds. The lowest BCUT2D eigenvalue weighted by molar-refractivity contribution is -0.0542. The van der Waals surface area contributed by atoms with Gasteiger partial charge in [-0.3, -0.25) is 13.6 Å². The number of nitrogens with two attached hydrogens (primary N) is 1. The Balaban J connectivity index is 1.99. The van der Waals surface area contributed by atoms with E-state index in [1.165, 1.54) is 18.5 Å². The van der Waals surface area contributed by atoms with Gasteiger partial charge in [-0.1, -0.05) is 0 Å². The Labute approximate surface area is 152 Å². The maximum Gasteiger partial charge on any atom is 0.481 e. The summed E-state index contributed by atoms with van der Waals surface area (Å²) in [5.74, 6) is 0. The van der Waals surface area contributed by atoms with E-state index in [0.29, 0.717) is 0 Å². The number of phosphoric acid groups is 2. The van der Waals surface area contributed by atoms with Crippen molar-refractivity contribution in [2.24, 2.45) is 5.73 Å². The highest BCUT2D eigenvalue weighted by atomic mass is 31.3. The molecule has 6 N–H and O–H groups in total. The summed E-state index contributed by atoms with van der Waals surface area (Å²) < 4.78 is 42.2. The van der Waals surface area contributed by atoms with Crippen LogP contribution in [0, 0.1) is 0 Å². The van der Waals surface area contributed by atoms with Gasteiger partial charge in [0.2, 0.25) is 0 Å². The Morgan fingerprint density at radius 3 is 2.52 bits per heavy atom. The molecule has 1 aromatic rings. The van der Waals surface area contributed by atoms with Crippen molar-refractivity contribution in [2.45, 2.75) is 24.5 Å². The highest BCUT2D eigenvalue weighted by Crippen LogP contribution is 2.60. The van der Waals surface area contributed by atoms with Gasteiger partial charge in [-0.2, -0.15) is 4.31 Å². The maximum absolute atomic E-state index is 11.7. The molecule has 1 aliphatic rings. The van der Waals surface area contributed by atoms with Crippen LogP contribution in [0.15, 0.2) is 23.3 Å². The van der Waals surface area contributed by atoms with Gasteiger partial charge in [0.25, 0.3) is 0 Å². The highest BCUT2D eigenvalue weighted by Gasteiger charge is 2.46. The molecule has 0 radical (unpaired) electrons. The summed E-state index contributed by atoms with van der Waals surface area (Å²) in [7, 11) is -10.00. The van der Waals surface area contributed by atoms with Gasteiger partial charge < -0.3 is 30.5 Å². The first-order valence-electron chi connectivity index (χ1n) is 7.47. The van der Waals surface area contributed by atoms with Crippen LogP contribution in [0.3, 0.4) is 0 Å². The molecular formula is C11H19N3O11P2. The van der Waals surface area contributed by atoms with Gasteiger partial charge in [0, 0.05) is 18.9 Å². The fourth-order valence-corrected chi connectivity index (χ4v) is 4.26. The van der Waals surface area contributed by atoms with Crippen molar-refractivity contribution in [3.05, 3.63) is 28.9 Å². The Kier molecular flexibility index (Phi) is 7.41. The van der Waals surface area contributed by atoms with Gasteiger partial charge in [-0.25, -0.2) is 18.9 Å². The summed E-state index contributed by atoms with van der Waals surface area (Å²) in [4.78, 5) is 33.9. The molecule has 2 heterocycles. The second-order valence-corrected chi connectivity index (χ2v) is 8.34. The van der Waals surface area contributed by atoms with Gasteiger partial charge in [0.05, 0.1) is 13.2 Å². The molecule has 0 spiro atoms. The average Bonchev–Trinajstić information content (AvgIpc) is 2.86. The van der Waals surface area contributed by atoms with Crippen molar-refractivity contribution in [2.75, 3.05) is 19.8 Å². The first-order valence-corrected chi connectivity index (χ1v) is 10.5. The topological polar surface area (TPSA) is 213 Å². The van der Waals surface area contributed by atoms with Crippen molar-refractivity contribution in [1.82, 2.24) is 9.55 Å². The predicted molar refractivity (Wildman–Crippen MR) is 86.1 cm³/mol. The second-order valence-electron chi connectivity index (χ2n) is 5.29. The van der Waals surface area contributed by atoms with Gasteiger partial charge >= 0.3 is 21.3 Å². The second kappa shape index (κ2) is 8.99. The first kappa shape index (κ1) is 22.3. The van der Waals surface area contributed by atoms with Crippen LogP contribution in [0.25, 0.3) is 0 Å². The average molecular weight is 431 g/mol. The quantitative estimate of drug-likeness (QED) is 0.270. The number of nitrogens with zero attached hydrogens (tertiary/aromatic N) is 2. The van der Waals surface area contributed by atoms with Crippen molar-refractivity contribution in [1.29, 1.82) is 0 Å². The molecule has 1 fully saturated rings.